The van der Waals surface area contributed by atoms with Gasteiger partial charge in [0, 0.05) is 21.8 Å². The number of halogens is 1. The van der Waals surface area contributed by atoms with Gasteiger partial charge in [0.1, 0.15) is 30.5 Å². The SMILES string of the molecule is COOSc1ccc(-c2cc(COc3ccc(OCc4ccccc4)cc3)c(C)n2-c2ccc(F)cc2)cc1. The maximum absolute atomic E-state index is 13.7. The molecular formula is C32H28FNO4S. The van der Waals surface area contributed by atoms with Crippen LogP contribution < -0.4 is 9.47 Å². The Morgan fingerprint density at radius 2 is 1.38 bits per heavy atom. The quantitative estimate of drug-likeness (QED) is 0.0955. The molecule has 5 nitrogen and oxygen atoms in total. The van der Waals surface area contributed by atoms with E-state index < -0.39 is 0 Å². The van der Waals surface area contributed by atoms with E-state index in [1.807, 2.05) is 85.8 Å². The van der Waals surface area contributed by atoms with Crippen LogP contribution in [0.2, 0.25) is 0 Å². The third-order valence-corrected chi connectivity index (χ3v) is 6.92. The molecular weight excluding hydrogens is 513 g/mol. The predicted octanol–water partition coefficient (Wildman–Crippen LogP) is 8.33. The fourth-order valence-electron chi connectivity index (χ4n) is 4.23. The molecule has 1 heterocycles. The van der Waals surface area contributed by atoms with Gasteiger partial charge in [-0.15, -0.1) is 0 Å². The molecule has 0 N–H and O–H groups in total. The highest BCUT2D eigenvalue weighted by atomic mass is 32.2. The van der Waals surface area contributed by atoms with Crippen LogP contribution in [0.15, 0.2) is 114 Å². The highest BCUT2D eigenvalue weighted by Gasteiger charge is 2.16. The molecule has 0 unspecified atom stereocenters. The molecule has 1 aromatic heterocycles. The average molecular weight is 542 g/mol. The van der Waals surface area contributed by atoms with Crippen molar-refractivity contribution < 1.29 is 23.1 Å². The summed E-state index contributed by atoms with van der Waals surface area (Å²) in [6, 6.07) is 34.3. The van der Waals surface area contributed by atoms with Crippen molar-refractivity contribution in [1.82, 2.24) is 4.57 Å². The van der Waals surface area contributed by atoms with Crippen LogP contribution in [0, 0.1) is 12.7 Å². The second kappa shape index (κ2) is 12.7. The maximum atomic E-state index is 13.7. The van der Waals surface area contributed by atoms with Crippen LogP contribution in [0.4, 0.5) is 4.39 Å². The molecule has 0 radical (unpaired) electrons. The van der Waals surface area contributed by atoms with Crippen molar-refractivity contribution in [2.75, 3.05) is 7.11 Å². The van der Waals surface area contributed by atoms with Crippen molar-refractivity contribution in [1.29, 1.82) is 0 Å². The van der Waals surface area contributed by atoms with E-state index in [-0.39, 0.29) is 5.82 Å². The second-order valence-electron chi connectivity index (χ2n) is 8.83. The molecule has 0 bridgehead atoms. The minimum Gasteiger partial charge on any atom is -0.489 e. The lowest BCUT2D eigenvalue weighted by atomic mass is 10.1. The van der Waals surface area contributed by atoms with Gasteiger partial charge in [-0.1, -0.05) is 42.5 Å². The van der Waals surface area contributed by atoms with Crippen LogP contribution in [0.5, 0.6) is 11.5 Å². The van der Waals surface area contributed by atoms with E-state index in [1.165, 1.54) is 19.2 Å². The van der Waals surface area contributed by atoms with Gasteiger partial charge in [-0.2, -0.15) is 4.33 Å². The van der Waals surface area contributed by atoms with Crippen LogP contribution in [-0.4, -0.2) is 11.7 Å². The third kappa shape index (κ3) is 6.70. The monoisotopic (exact) mass is 541 g/mol. The van der Waals surface area contributed by atoms with Gasteiger partial charge in [0.2, 0.25) is 0 Å². The van der Waals surface area contributed by atoms with Gasteiger partial charge in [0.05, 0.1) is 24.8 Å². The zero-order valence-corrected chi connectivity index (χ0v) is 22.5. The minimum absolute atomic E-state index is 0.274. The summed E-state index contributed by atoms with van der Waals surface area (Å²) >= 11 is 1.14. The summed E-state index contributed by atoms with van der Waals surface area (Å²) in [5.74, 6) is 1.26. The van der Waals surface area contributed by atoms with E-state index in [0.29, 0.717) is 13.2 Å². The first-order valence-corrected chi connectivity index (χ1v) is 13.2. The first-order valence-electron chi connectivity index (χ1n) is 12.5. The summed E-state index contributed by atoms with van der Waals surface area (Å²) < 4.78 is 32.8. The van der Waals surface area contributed by atoms with E-state index in [9.17, 15) is 4.39 Å². The highest BCUT2D eigenvalue weighted by Crippen LogP contribution is 2.32. The van der Waals surface area contributed by atoms with E-state index in [4.69, 9.17) is 13.8 Å². The molecule has 0 atom stereocenters. The van der Waals surface area contributed by atoms with Crippen molar-refractivity contribution in [2.45, 2.75) is 25.0 Å². The number of aromatic nitrogens is 1. The van der Waals surface area contributed by atoms with Gasteiger partial charge in [-0.25, -0.2) is 9.28 Å². The number of ether oxygens (including phenoxy) is 2. The van der Waals surface area contributed by atoms with Crippen molar-refractivity contribution in [3.63, 3.8) is 0 Å². The molecule has 0 spiro atoms. The summed E-state index contributed by atoms with van der Waals surface area (Å²) in [5, 5.41) is 0. The zero-order valence-electron chi connectivity index (χ0n) is 21.7. The number of nitrogens with zero attached hydrogens (tertiary/aromatic N) is 1. The molecule has 198 valence electrons. The smallest absolute Gasteiger partial charge is 0.123 e. The molecule has 0 saturated carbocycles. The largest absolute Gasteiger partial charge is 0.489 e. The van der Waals surface area contributed by atoms with Crippen molar-refractivity contribution in [2.24, 2.45) is 0 Å². The highest BCUT2D eigenvalue weighted by molar-refractivity contribution is 7.94. The van der Waals surface area contributed by atoms with Crippen LogP contribution in [0.25, 0.3) is 16.9 Å². The third-order valence-electron chi connectivity index (χ3n) is 6.25. The van der Waals surface area contributed by atoms with Gasteiger partial charge >= 0.3 is 0 Å². The fraction of sp³-hybridized carbons (Fsp3) is 0.125. The molecule has 0 amide bonds. The van der Waals surface area contributed by atoms with Gasteiger partial charge in [-0.3, -0.25) is 0 Å². The van der Waals surface area contributed by atoms with Gasteiger partial charge < -0.3 is 14.0 Å². The molecule has 39 heavy (non-hydrogen) atoms. The summed E-state index contributed by atoms with van der Waals surface area (Å²) in [7, 11) is 1.47. The van der Waals surface area contributed by atoms with Crippen molar-refractivity contribution in [3.8, 4) is 28.4 Å². The van der Waals surface area contributed by atoms with Crippen molar-refractivity contribution in [3.05, 3.63) is 132 Å². The molecule has 5 aromatic rings. The van der Waals surface area contributed by atoms with Crippen LogP contribution in [-0.2, 0) is 22.4 Å². The van der Waals surface area contributed by atoms with Crippen molar-refractivity contribution >= 4 is 12.0 Å². The molecule has 0 saturated heterocycles. The summed E-state index contributed by atoms with van der Waals surface area (Å²) in [6.45, 7) is 2.94. The topological polar surface area (TPSA) is 41.9 Å². The first-order chi connectivity index (χ1) is 19.1. The lowest BCUT2D eigenvalue weighted by molar-refractivity contribution is -0.160. The lowest BCUT2D eigenvalue weighted by Crippen LogP contribution is -2.02. The van der Waals surface area contributed by atoms with E-state index >= 15 is 0 Å². The molecule has 0 aliphatic carbocycles. The lowest BCUT2D eigenvalue weighted by Gasteiger charge is -2.13. The Kier molecular flexibility index (Phi) is 8.63. The van der Waals surface area contributed by atoms with Gasteiger partial charge in [0.15, 0.2) is 0 Å². The number of benzene rings is 4. The first kappa shape index (κ1) is 26.6. The van der Waals surface area contributed by atoms with Gasteiger partial charge in [-0.05, 0) is 84.8 Å². The Hall–Kier alpha value is -4.04. The van der Waals surface area contributed by atoms with E-state index in [2.05, 4.69) is 15.5 Å². The number of rotatable bonds is 11. The Bertz CT molecular complexity index is 1490. The standard InChI is InChI=1S/C32H28FNO4S/c1-23-26(22-37-30-16-14-29(15-17-30)36-21-24-6-4-3-5-7-24)20-32(34(23)28-12-10-27(33)11-13-28)25-8-18-31(19-9-25)39-38-35-2/h3-20H,21-22H2,1-2H3. The molecule has 5 rings (SSSR count). The van der Waals surface area contributed by atoms with Gasteiger partial charge in [0.25, 0.3) is 0 Å². The molecule has 0 aliphatic heterocycles. The summed E-state index contributed by atoms with van der Waals surface area (Å²) in [5.41, 5.74) is 6.02. The summed E-state index contributed by atoms with van der Waals surface area (Å²) in [4.78, 5) is 5.59. The number of hydrogen-bond donors (Lipinski definition) is 0. The molecule has 0 fully saturated rings. The van der Waals surface area contributed by atoms with E-state index in [1.54, 1.807) is 12.1 Å². The fourth-order valence-corrected chi connectivity index (χ4v) is 4.62. The van der Waals surface area contributed by atoms with Crippen LogP contribution in [0.3, 0.4) is 0 Å². The Morgan fingerprint density at radius 3 is 2.03 bits per heavy atom. The van der Waals surface area contributed by atoms with Crippen LogP contribution in [0.1, 0.15) is 16.8 Å². The maximum Gasteiger partial charge on any atom is 0.123 e. The van der Waals surface area contributed by atoms with Crippen LogP contribution >= 0.6 is 12.0 Å². The van der Waals surface area contributed by atoms with E-state index in [0.717, 1.165) is 62.2 Å². The Morgan fingerprint density at radius 1 is 0.744 bits per heavy atom. The Balaban J connectivity index is 1.34. The average Bonchev–Trinajstić information content (AvgIpc) is 3.31. The molecule has 0 aliphatic rings. The predicted molar refractivity (Wildman–Crippen MR) is 151 cm³/mol. The minimum atomic E-state index is -0.274. The molecule has 7 heteroatoms. The Labute approximate surface area is 231 Å². The second-order valence-corrected chi connectivity index (χ2v) is 9.60. The summed E-state index contributed by atoms with van der Waals surface area (Å²) in [6.07, 6.45) is 0. The molecule has 4 aromatic carbocycles. The normalized spacial score (nSPS) is 10.9. The zero-order chi connectivity index (χ0) is 27.0. The number of hydrogen-bond acceptors (Lipinski definition) is 5.